The molecular formula is C14H19ClN2O4. The Balaban J connectivity index is 2.54. The van der Waals surface area contributed by atoms with Gasteiger partial charge in [0, 0.05) is 24.7 Å². The highest BCUT2D eigenvalue weighted by molar-refractivity contribution is 6.30. The van der Waals surface area contributed by atoms with Crippen LogP contribution in [-0.4, -0.2) is 44.5 Å². The molecule has 1 unspecified atom stereocenters. The van der Waals surface area contributed by atoms with Gasteiger partial charge in [-0.05, 0) is 19.1 Å². The van der Waals surface area contributed by atoms with Crippen LogP contribution in [-0.2, 0) is 4.79 Å². The third-order valence-corrected chi connectivity index (χ3v) is 2.88. The molecular weight excluding hydrogens is 296 g/mol. The zero-order valence-corrected chi connectivity index (χ0v) is 13.0. The number of carbonyl (C=O) groups excluding carboxylic acids is 2. The van der Waals surface area contributed by atoms with E-state index < -0.39 is 5.38 Å². The van der Waals surface area contributed by atoms with Gasteiger partial charge in [0.1, 0.15) is 16.9 Å². The molecule has 1 aromatic carbocycles. The summed E-state index contributed by atoms with van der Waals surface area (Å²) in [4.78, 5) is 23.2. The highest BCUT2D eigenvalue weighted by Crippen LogP contribution is 2.22. The second-order valence-corrected chi connectivity index (χ2v) is 4.92. The highest BCUT2D eigenvalue weighted by atomic mass is 35.5. The molecule has 116 valence electrons. The zero-order chi connectivity index (χ0) is 15.8. The standard InChI is InChI=1S/C14H19ClN2O4/c1-9(15)13(18)16-4-5-17-14(19)10-6-11(20-2)8-12(7-10)21-3/h6-9H,4-5H2,1-3H3,(H,16,18)(H,17,19). The van der Waals surface area contributed by atoms with E-state index in [4.69, 9.17) is 21.1 Å². The van der Waals surface area contributed by atoms with Crippen molar-refractivity contribution in [3.63, 3.8) is 0 Å². The Morgan fingerprint density at radius 2 is 1.62 bits per heavy atom. The minimum Gasteiger partial charge on any atom is -0.497 e. The van der Waals surface area contributed by atoms with Crippen LogP contribution >= 0.6 is 11.6 Å². The van der Waals surface area contributed by atoms with Gasteiger partial charge in [-0.25, -0.2) is 0 Å². The predicted octanol–water partition coefficient (Wildman–Crippen LogP) is 1.18. The van der Waals surface area contributed by atoms with E-state index in [1.807, 2.05) is 0 Å². The molecule has 0 spiro atoms. The molecule has 2 N–H and O–H groups in total. The number of carbonyl (C=O) groups is 2. The summed E-state index contributed by atoms with van der Waals surface area (Å²) >= 11 is 5.61. The number of nitrogens with one attached hydrogen (secondary N) is 2. The number of halogens is 1. The van der Waals surface area contributed by atoms with Crippen LogP contribution in [0.25, 0.3) is 0 Å². The number of amides is 2. The van der Waals surface area contributed by atoms with Crippen LogP contribution in [0.1, 0.15) is 17.3 Å². The third kappa shape index (κ3) is 5.51. The average Bonchev–Trinajstić information content (AvgIpc) is 2.50. The largest absolute Gasteiger partial charge is 0.497 e. The Morgan fingerprint density at radius 1 is 1.10 bits per heavy atom. The molecule has 6 nitrogen and oxygen atoms in total. The maximum Gasteiger partial charge on any atom is 0.251 e. The highest BCUT2D eigenvalue weighted by Gasteiger charge is 2.10. The maximum atomic E-state index is 12.0. The third-order valence-electron chi connectivity index (χ3n) is 2.68. The number of methoxy groups -OCH3 is 2. The molecule has 1 rings (SSSR count). The molecule has 0 aromatic heterocycles. The van der Waals surface area contributed by atoms with Crippen molar-refractivity contribution in [1.82, 2.24) is 10.6 Å². The first-order chi connectivity index (χ1) is 9.97. The zero-order valence-electron chi connectivity index (χ0n) is 12.2. The first-order valence-electron chi connectivity index (χ1n) is 6.41. The lowest BCUT2D eigenvalue weighted by Gasteiger charge is -2.10. The van der Waals surface area contributed by atoms with Crippen LogP contribution in [0.4, 0.5) is 0 Å². The van der Waals surface area contributed by atoms with E-state index in [0.29, 0.717) is 30.2 Å². The van der Waals surface area contributed by atoms with Crippen molar-refractivity contribution >= 4 is 23.4 Å². The fraction of sp³-hybridized carbons (Fsp3) is 0.429. The monoisotopic (exact) mass is 314 g/mol. The Hall–Kier alpha value is -1.95. The van der Waals surface area contributed by atoms with E-state index in [1.54, 1.807) is 25.1 Å². The summed E-state index contributed by atoms with van der Waals surface area (Å²) in [5.41, 5.74) is 0.420. The summed E-state index contributed by atoms with van der Waals surface area (Å²) in [6.45, 7) is 2.19. The molecule has 21 heavy (non-hydrogen) atoms. The molecule has 0 saturated carbocycles. The van der Waals surface area contributed by atoms with E-state index in [2.05, 4.69) is 10.6 Å². The molecule has 0 heterocycles. The van der Waals surface area contributed by atoms with Crippen LogP contribution in [0.2, 0.25) is 0 Å². The molecule has 1 aromatic rings. The fourth-order valence-electron chi connectivity index (χ4n) is 1.54. The van der Waals surface area contributed by atoms with Crippen LogP contribution in [0.5, 0.6) is 11.5 Å². The smallest absolute Gasteiger partial charge is 0.251 e. The molecule has 0 aliphatic carbocycles. The number of benzene rings is 1. The molecule has 2 amide bonds. The summed E-state index contributed by atoms with van der Waals surface area (Å²) in [5.74, 6) is 0.516. The number of ether oxygens (including phenoxy) is 2. The van der Waals surface area contributed by atoms with Gasteiger partial charge in [0.2, 0.25) is 5.91 Å². The molecule has 0 aliphatic rings. The van der Waals surface area contributed by atoms with Crippen LogP contribution < -0.4 is 20.1 Å². The normalized spacial score (nSPS) is 11.4. The van der Waals surface area contributed by atoms with Gasteiger partial charge >= 0.3 is 0 Å². The summed E-state index contributed by atoms with van der Waals surface area (Å²) in [6.07, 6.45) is 0. The van der Waals surface area contributed by atoms with Crippen LogP contribution in [0.15, 0.2) is 18.2 Å². The Bertz CT molecular complexity index is 483. The van der Waals surface area contributed by atoms with Gasteiger partial charge < -0.3 is 20.1 Å². The molecule has 0 aliphatic heterocycles. The van der Waals surface area contributed by atoms with Gasteiger partial charge in [-0.1, -0.05) is 0 Å². The molecule has 0 fully saturated rings. The number of alkyl halides is 1. The fourth-order valence-corrected chi connectivity index (χ4v) is 1.62. The lowest BCUT2D eigenvalue weighted by atomic mass is 10.2. The van der Waals surface area contributed by atoms with Gasteiger partial charge in [-0.3, -0.25) is 9.59 Å². The predicted molar refractivity (Wildman–Crippen MR) is 80.2 cm³/mol. The number of hydrogen-bond donors (Lipinski definition) is 2. The quantitative estimate of drug-likeness (QED) is 0.585. The minimum atomic E-state index is -0.594. The van der Waals surface area contributed by atoms with E-state index in [0.717, 1.165) is 0 Å². The number of rotatable bonds is 7. The Kier molecular flexibility index (Phi) is 6.81. The van der Waals surface area contributed by atoms with Crippen molar-refractivity contribution in [3.05, 3.63) is 23.8 Å². The van der Waals surface area contributed by atoms with Crippen molar-refractivity contribution in [2.45, 2.75) is 12.3 Å². The van der Waals surface area contributed by atoms with Crippen LogP contribution in [0, 0.1) is 0 Å². The molecule has 1 atom stereocenters. The van der Waals surface area contributed by atoms with E-state index in [-0.39, 0.29) is 11.8 Å². The van der Waals surface area contributed by atoms with Crippen molar-refractivity contribution in [2.24, 2.45) is 0 Å². The molecule has 7 heteroatoms. The van der Waals surface area contributed by atoms with Crippen molar-refractivity contribution in [2.75, 3.05) is 27.3 Å². The topological polar surface area (TPSA) is 76.7 Å². The maximum absolute atomic E-state index is 12.0. The second kappa shape index (κ2) is 8.36. The van der Waals surface area contributed by atoms with Gasteiger partial charge in [-0.2, -0.15) is 0 Å². The number of hydrogen-bond acceptors (Lipinski definition) is 4. The Morgan fingerprint density at radius 3 is 2.10 bits per heavy atom. The van der Waals surface area contributed by atoms with Crippen molar-refractivity contribution in [3.8, 4) is 11.5 Å². The summed E-state index contributed by atoms with van der Waals surface area (Å²) in [6, 6.07) is 4.90. The molecule has 0 saturated heterocycles. The molecule has 0 radical (unpaired) electrons. The second-order valence-electron chi connectivity index (χ2n) is 4.26. The average molecular weight is 315 g/mol. The summed E-state index contributed by atoms with van der Waals surface area (Å²) < 4.78 is 10.2. The molecule has 0 bridgehead atoms. The summed E-state index contributed by atoms with van der Waals surface area (Å²) in [7, 11) is 3.03. The lowest BCUT2D eigenvalue weighted by Crippen LogP contribution is -2.37. The van der Waals surface area contributed by atoms with Gasteiger partial charge in [0.25, 0.3) is 5.91 Å². The minimum absolute atomic E-state index is 0.269. The first kappa shape index (κ1) is 17.1. The first-order valence-corrected chi connectivity index (χ1v) is 6.84. The van der Waals surface area contributed by atoms with Crippen molar-refractivity contribution < 1.29 is 19.1 Å². The SMILES string of the molecule is COc1cc(OC)cc(C(=O)NCCNC(=O)C(C)Cl)c1. The van der Waals surface area contributed by atoms with Crippen LogP contribution in [0.3, 0.4) is 0 Å². The van der Waals surface area contributed by atoms with Gasteiger partial charge in [0.05, 0.1) is 14.2 Å². The lowest BCUT2D eigenvalue weighted by molar-refractivity contribution is -0.120. The van der Waals surface area contributed by atoms with E-state index in [9.17, 15) is 9.59 Å². The van der Waals surface area contributed by atoms with E-state index in [1.165, 1.54) is 14.2 Å². The van der Waals surface area contributed by atoms with Gasteiger partial charge in [0.15, 0.2) is 0 Å². The van der Waals surface area contributed by atoms with E-state index >= 15 is 0 Å². The van der Waals surface area contributed by atoms with Crippen molar-refractivity contribution in [1.29, 1.82) is 0 Å². The van der Waals surface area contributed by atoms with Gasteiger partial charge in [-0.15, -0.1) is 11.6 Å². The summed E-state index contributed by atoms with van der Waals surface area (Å²) in [5, 5.41) is 4.69. The Labute approximate surface area is 128 Å².